The van der Waals surface area contributed by atoms with Gasteiger partial charge in [-0.1, -0.05) is 0 Å². The van der Waals surface area contributed by atoms with E-state index in [-0.39, 0.29) is 12.4 Å². The Labute approximate surface area is 87.9 Å². The van der Waals surface area contributed by atoms with Crippen LogP contribution in [0.5, 0.6) is 0 Å². The minimum Gasteiger partial charge on any atom is -0.374 e. The summed E-state index contributed by atoms with van der Waals surface area (Å²) in [6, 6.07) is 2.05. The van der Waals surface area contributed by atoms with Gasteiger partial charge >= 0.3 is 0 Å². The van der Waals surface area contributed by atoms with E-state index < -0.39 is 0 Å². The molecule has 1 aromatic heterocycles. The first-order valence-corrected chi connectivity index (χ1v) is 5.85. The molecule has 0 saturated heterocycles. The highest BCUT2D eigenvalue weighted by atomic mass is 32.1. The lowest BCUT2D eigenvalue weighted by atomic mass is 10.2. The van der Waals surface area contributed by atoms with E-state index in [1.165, 1.54) is 16.9 Å². The Kier molecular flexibility index (Phi) is 2.99. The summed E-state index contributed by atoms with van der Waals surface area (Å²) >= 11 is 1.65. The molecule has 1 aliphatic rings. The number of ether oxygens (including phenoxy) is 1. The Hall–Kier alpha value is -0.670. The predicted molar refractivity (Wildman–Crippen MR) is 57.2 cm³/mol. The quantitative estimate of drug-likeness (QED) is 0.713. The van der Waals surface area contributed by atoms with Gasteiger partial charge in [0.15, 0.2) is 5.78 Å². The molecule has 14 heavy (non-hydrogen) atoms. The Morgan fingerprint density at radius 1 is 1.57 bits per heavy atom. The third kappa shape index (κ3) is 1.88. The first-order chi connectivity index (χ1) is 6.81. The summed E-state index contributed by atoms with van der Waals surface area (Å²) in [7, 11) is 0. The standard InChI is InChI=1S/C11H14O2S/c1-2-13-7-9(12)11-6-8-4-3-5-10(8)14-11/h6H,2-5,7H2,1H3. The van der Waals surface area contributed by atoms with Gasteiger partial charge in [-0.25, -0.2) is 0 Å². The van der Waals surface area contributed by atoms with Gasteiger partial charge in [0.25, 0.3) is 0 Å². The van der Waals surface area contributed by atoms with Crippen molar-refractivity contribution in [2.45, 2.75) is 26.2 Å². The van der Waals surface area contributed by atoms with Crippen molar-refractivity contribution in [3.8, 4) is 0 Å². The molecule has 0 aromatic carbocycles. The van der Waals surface area contributed by atoms with Crippen LogP contribution in [0, 0.1) is 0 Å². The third-order valence-corrected chi connectivity index (χ3v) is 3.74. The topological polar surface area (TPSA) is 26.3 Å². The highest BCUT2D eigenvalue weighted by Gasteiger charge is 2.18. The van der Waals surface area contributed by atoms with Crippen LogP contribution in [0.4, 0.5) is 0 Å². The summed E-state index contributed by atoms with van der Waals surface area (Å²) in [6.45, 7) is 2.74. The molecule has 1 aliphatic carbocycles. The zero-order valence-corrected chi connectivity index (χ0v) is 9.15. The highest BCUT2D eigenvalue weighted by molar-refractivity contribution is 7.14. The van der Waals surface area contributed by atoms with Gasteiger partial charge < -0.3 is 4.74 Å². The van der Waals surface area contributed by atoms with Gasteiger partial charge in [0.05, 0.1) is 4.88 Å². The maximum atomic E-state index is 11.6. The molecule has 3 heteroatoms. The molecule has 76 valence electrons. The fraction of sp³-hybridized carbons (Fsp3) is 0.545. The van der Waals surface area contributed by atoms with Crippen molar-refractivity contribution in [1.29, 1.82) is 0 Å². The smallest absolute Gasteiger partial charge is 0.198 e. The maximum Gasteiger partial charge on any atom is 0.198 e. The SMILES string of the molecule is CCOCC(=O)c1cc2c(s1)CCC2. The molecule has 2 nitrogen and oxygen atoms in total. The van der Waals surface area contributed by atoms with Crippen LogP contribution >= 0.6 is 11.3 Å². The van der Waals surface area contributed by atoms with Gasteiger partial charge in [0.2, 0.25) is 0 Å². The van der Waals surface area contributed by atoms with Gasteiger partial charge in [-0.2, -0.15) is 0 Å². The summed E-state index contributed by atoms with van der Waals surface area (Å²) in [5.74, 6) is 0.131. The van der Waals surface area contributed by atoms with Gasteiger partial charge in [0.1, 0.15) is 6.61 Å². The predicted octanol–water partition coefficient (Wildman–Crippen LogP) is 2.46. The van der Waals surface area contributed by atoms with Gasteiger partial charge in [-0.05, 0) is 37.8 Å². The van der Waals surface area contributed by atoms with Crippen LogP contribution in [0.1, 0.15) is 33.5 Å². The van der Waals surface area contributed by atoms with Crippen LogP contribution in [0.25, 0.3) is 0 Å². The Morgan fingerprint density at radius 3 is 3.14 bits per heavy atom. The number of rotatable bonds is 4. The molecular formula is C11H14O2S. The van der Waals surface area contributed by atoms with E-state index in [1.54, 1.807) is 11.3 Å². The van der Waals surface area contributed by atoms with Crippen molar-refractivity contribution >= 4 is 17.1 Å². The largest absolute Gasteiger partial charge is 0.374 e. The second-order valence-electron chi connectivity index (χ2n) is 3.47. The van der Waals surface area contributed by atoms with E-state index in [0.29, 0.717) is 6.61 Å². The number of ketones is 1. The zero-order chi connectivity index (χ0) is 9.97. The summed E-state index contributed by atoms with van der Waals surface area (Å²) in [5.41, 5.74) is 1.38. The molecule has 2 rings (SSSR count). The number of hydrogen-bond donors (Lipinski definition) is 0. The molecule has 0 bridgehead atoms. The lowest BCUT2D eigenvalue weighted by Crippen LogP contribution is -2.06. The molecule has 0 atom stereocenters. The van der Waals surface area contributed by atoms with E-state index in [2.05, 4.69) is 0 Å². The molecule has 0 N–H and O–H groups in total. The second-order valence-corrected chi connectivity index (χ2v) is 4.61. The number of Topliss-reactive ketones (excluding diaryl/α,β-unsaturated/α-hetero) is 1. The van der Waals surface area contributed by atoms with Crippen molar-refractivity contribution in [3.63, 3.8) is 0 Å². The molecule has 0 fully saturated rings. The van der Waals surface area contributed by atoms with Crippen molar-refractivity contribution in [1.82, 2.24) is 0 Å². The van der Waals surface area contributed by atoms with Crippen LogP contribution in [0.2, 0.25) is 0 Å². The normalized spacial score (nSPS) is 14.4. The molecule has 0 saturated carbocycles. The minimum atomic E-state index is 0.131. The van der Waals surface area contributed by atoms with Crippen molar-refractivity contribution in [3.05, 3.63) is 21.4 Å². The Balaban J connectivity index is 2.06. The van der Waals surface area contributed by atoms with Crippen LogP contribution < -0.4 is 0 Å². The van der Waals surface area contributed by atoms with Crippen LogP contribution in [0.15, 0.2) is 6.07 Å². The first kappa shape index (κ1) is 9.87. The number of carbonyl (C=O) groups excluding carboxylic acids is 1. The van der Waals surface area contributed by atoms with E-state index >= 15 is 0 Å². The molecule has 1 aromatic rings. The summed E-state index contributed by atoms with van der Waals surface area (Å²) in [6.07, 6.45) is 3.55. The molecule has 0 radical (unpaired) electrons. The fourth-order valence-electron chi connectivity index (χ4n) is 1.73. The number of aryl methyl sites for hydroxylation is 2. The van der Waals surface area contributed by atoms with Gasteiger partial charge in [-0.15, -0.1) is 11.3 Å². The lowest BCUT2D eigenvalue weighted by Gasteiger charge is -1.97. The number of carbonyl (C=O) groups is 1. The second kappa shape index (κ2) is 4.24. The van der Waals surface area contributed by atoms with E-state index in [1.807, 2.05) is 13.0 Å². The van der Waals surface area contributed by atoms with E-state index in [9.17, 15) is 4.79 Å². The van der Waals surface area contributed by atoms with Gasteiger partial charge in [-0.3, -0.25) is 4.79 Å². The Bertz CT molecular complexity index is 320. The highest BCUT2D eigenvalue weighted by Crippen LogP contribution is 2.30. The van der Waals surface area contributed by atoms with Crippen molar-refractivity contribution < 1.29 is 9.53 Å². The van der Waals surface area contributed by atoms with Crippen molar-refractivity contribution in [2.75, 3.05) is 13.2 Å². The number of fused-ring (bicyclic) bond motifs is 1. The minimum absolute atomic E-state index is 0.131. The van der Waals surface area contributed by atoms with Crippen LogP contribution in [0.3, 0.4) is 0 Å². The Morgan fingerprint density at radius 2 is 2.43 bits per heavy atom. The average Bonchev–Trinajstić information content (AvgIpc) is 2.72. The zero-order valence-electron chi connectivity index (χ0n) is 8.34. The fourth-order valence-corrected chi connectivity index (χ4v) is 2.91. The number of hydrogen-bond acceptors (Lipinski definition) is 3. The lowest BCUT2D eigenvalue weighted by molar-refractivity contribution is 0.0787. The molecular weight excluding hydrogens is 196 g/mol. The van der Waals surface area contributed by atoms with Crippen LogP contribution in [-0.4, -0.2) is 19.0 Å². The molecule has 0 amide bonds. The average molecular weight is 210 g/mol. The summed E-state index contributed by atoms with van der Waals surface area (Å²) < 4.78 is 5.11. The summed E-state index contributed by atoms with van der Waals surface area (Å²) in [5, 5.41) is 0. The molecule has 1 heterocycles. The maximum absolute atomic E-state index is 11.6. The van der Waals surface area contributed by atoms with E-state index in [4.69, 9.17) is 4.74 Å². The molecule has 0 spiro atoms. The summed E-state index contributed by atoms with van der Waals surface area (Å²) in [4.78, 5) is 13.9. The first-order valence-electron chi connectivity index (χ1n) is 5.03. The molecule has 0 unspecified atom stereocenters. The van der Waals surface area contributed by atoms with Crippen molar-refractivity contribution in [2.24, 2.45) is 0 Å². The third-order valence-electron chi connectivity index (χ3n) is 2.46. The molecule has 0 aliphatic heterocycles. The monoisotopic (exact) mass is 210 g/mol. The number of thiophene rings is 1. The van der Waals surface area contributed by atoms with E-state index in [0.717, 1.165) is 17.7 Å². The van der Waals surface area contributed by atoms with Gasteiger partial charge in [0, 0.05) is 11.5 Å². The van der Waals surface area contributed by atoms with Crippen LogP contribution in [-0.2, 0) is 17.6 Å².